The summed E-state index contributed by atoms with van der Waals surface area (Å²) < 4.78 is 0. The van der Waals surface area contributed by atoms with E-state index in [0.29, 0.717) is 5.02 Å². The van der Waals surface area contributed by atoms with E-state index >= 15 is 0 Å². The lowest BCUT2D eigenvalue weighted by Crippen LogP contribution is -2.07. The van der Waals surface area contributed by atoms with E-state index in [1.54, 1.807) is 24.3 Å². The van der Waals surface area contributed by atoms with Crippen LogP contribution in [-0.4, -0.2) is 11.0 Å². The van der Waals surface area contributed by atoms with Gasteiger partial charge in [-0.05, 0) is 53.4 Å². The Balaban J connectivity index is 2.52. The molecule has 0 fully saturated rings. The number of carbonyl (C=O) groups is 2. The maximum absolute atomic E-state index is 11.6. The molecule has 0 aromatic heterocycles. The molecular weight excluding hydrogens is 283 g/mol. The fourth-order valence-corrected chi connectivity index (χ4v) is 2.13. The van der Waals surface area contributed by atoms with Gasteiger partial charge >= 0.3 is 0 Å². The average molecular weight is 293 g/mol. The van der Waals surface area contributed by atoms with Crippen LogP contribution in [-0.2, 0) is 4.79 Å². The molecule has 0 amide bonds. The zero-order valence-electron chi connectivity index (χ0n) is 10.1. The molecule has 0 saturated carbocycles. The predicted octanol–water partition coefficient (Wildman–Crippen LogP) is 4.26. The van der Waals surface area contributed by atoms with Crippen LogP contribution in [0.3, 0.4) is 0 Å². The molecule has 0 radical (unpaired) electrons. The van der Waals surface area contributed by atoms with Crippen LogP contribution in [0.5, 0.6) is 0 Å². The van der Waals surface area contributed by atoms with Crippen molar-refractivity contribution in [3.05, 3.63) is 58.6 Å². The lowest BCUT2D eigenvalue weighted by Gasteiger charge is -2.07. The Morgan fingerprint density at radius 3 is 2.47 bits per heavy atom. The fourth-order valence-electron chi connectivity index (χ4n) is 1.85. The Kier molecular flexibility index (Phi) is 4.03. The first kappa shape index (κ1) is 13.8. The van der Waals surface area contributed by atoms with Crippen molar-refractivity contribution in [2.24, 2.45) is 0 Å². The van der Waals surface area contributed by atoms with Crippen LogP contribution in [0.4, 0.5) is 0 Å². The fraction of sp³-hybridized carbons (Fsp3) is 0.0667. The summed E-state index contributed by atoms with van der Waals surface area (Å²) in [6, 6.07) is 12.3. The lowest BCUT2D eigenvalue weighted by atomic mass is 9.98. The van der Waals surface area contributed by atoms with Crippen molar-refractivity contribution in [3.8, 4) is 11.1 Å². The van der Waals surface area contributed by atoms with Crippen LogP contribution in [0.15, 0.2) is 42.5 Å². The summed E-state index contributed by atoms with van der Waals surface area (Å²) in [5.74, 6) is -0.705. The Hall–Kier alpha value is -1.64. The molecule has 0 aliphatic carbocycles. The number of aryl methyl sites for hydroxylation is 1. The number of hydrogen-bond acceptors (Lipinski definition) is 2. The van der Waals surface area contributed by atoms with Crippen molar-refractivity contribution in [2.45, 2.75) is 6.92 Å². The minimum Gasteiger partial charge on any atom is -0.284 e. The van der Waals surface area contributed by atoms with Crippen molar-refractivity contribution in [2.75, 3.05) is 0 Å². The second kappa shape index (κ2) is 5.55. The van der Waals surface area contributed by atoms with Crippen LogP contribution in [0.25, 0.3) is 11.1 Å². The Bertz CT molecular complexity index is 663. The third-order valence-electron chi connectivity index (χ3n) is 2.81. The minimum absolute atomic E-state index is 0.275. The van der Waals surface area contributed by atoms with Gasteiger partial charge in [-0.25, -0.2) is 0 Å². The second-order valence-electron chi connectivity index (χ2n) is 4.14. The van der Waals surface area contributed by atoms with Gasteiger partial charge in [0.25, 0.3) is 5.24 Å². The molecule has 0 atom stereocenters. The van der Waals surface area contributed by atoms with E-state index in [9.17, 15) is 9.59 Å². The van der Waals surface area contributed by atoms with Crippen molar-refractivity contribution in [1.29, 1.82) is 0 Å². The molecule has 0 aliphatic heterocycles. The zero-order valence-corrected chi connectivity index (χ0v) is 11.6. The van der Waals surface area contributed by atoms with Gasteiger partial charge < -0.3 is 0 Å². The Morgan fingerprint density at radius 2 is 1.79 bits per heavy atom. The normalized spacial score (nSPS) is 10.3. The summed E-state index contributed by atoms with van der Waals surface area (Å²) in [5, 5.41) is -0.370. The number of halogens is 2. The lowest BCUT2D eigenvalue weighted by molar-refractivity contribution is -0.108. The summed E-state index contributed by atoms with van der Waals surface area (Å²) >= 11 is 11.2. The summed E-state index contributed by atoms with van der Waals surface area (Å²) in [5.41, 5.74) is 3.05. The SMILES string of the molecule is Cc1ccc(Cl)cc1-c1cccc(C(=O)C(=O)Cl)c1. The van der Waals surface area contributed by atoms with Gasteiger partial charge in [0.2, 0.25) is 5.78 Å². The monoisotopic (exact) mass is 292 g/mol. The number of carbonyl (C=O) groups excluding carboxylic acids is 2. The minimum atomic E-state index is -0.986. The molecule has 0 unspecified atom stereocenters. The highest BCUT2D eigenvalue weighted by Gasteiger charge is 2.14. The first-order chi connectivity index (χ1) is 8.99. The van der Waals surface area contributed by atoms with Crippen LogP contribution in [0.1, 0.15) is 15.9 Å². The van der Waals surface area contributed by atoms with Crippen LogP contribution in [0, 0.1) is 6.92 Å². The molecule has 96 valence electrons. The van der Waals surface area contributed by atoms with Gasteiger partial charge in [0.15, 0.2) is 0 Å². The molecule has 0 heterocycles. The van der Waals surface area contributed by atoms with E-state index in [2.05, 4.69) is 0 Å². The standard InChI is InChI=1S/C15H10Cl2O2/c1-9-5-6-12(16)8-13(9)10-3-2-4-11(7-10)14(18)15(17)19/h2-8H,1H3. The highest BCUT2D eigenvalue weighted by atomic mass is 35.5. The summed E-state index contributed by atoms with van der Waals surface area (Å²) in [6.45, 7) is 1.95. The average Bonchev–Trinajstić information content (AvgIpc) is 2.40. The molecular formula is C15H10Cl2O2. The smallest absolute Gasteiger partial charge is 0.284 e. The number of rotatable bonds is 3. The van der Waals surface area contributed by atoms with Crippen molar-refractivity contribution >= 4 is 34.2 Å². The highest BCUT2D eigenvalue weighted by Crippen LogP contribution is 2.27. The molecule has 2 rings (SSSR count). The van der Waals surface area contributed by atoms with Crippen LogP contribution < -0.4 is 0 Å². The number of hydrogen-bond donors (Lipinski definition) is 0. The largest absolute Gasteiger partial charge is 0.293 e. The van der Waals surface area contributed by atoms with E-state index in [0.717, 1.165) is 16.7 Å². The Morgan fingerprint density at radius 1 is 1.05 bits per heavy atom. The van der Waals surface area contributed by atoms with E-state index < -0.39 is 11.0 Å². The molecule has 0 spiro atoms. The zero-order chi connectivity index (χ0) is 14.0. The van der Waals surface area contributed by atoms with Crippen molar-refractivity contribution in [1.82, 2.24) is 0 Å². The van der Waals surface area contributed by atoms with Gasteiger partial charge in [-0.1, -0.05) is 35.9 Å². The second-order valence-corrected chi connectivity index (χ2v) is 4.92. The molecule has 0 bridgehead atoms. The van der Waals surface area contributed by atoms with E-state index in [1.807, 2.05) is 25.1 Å². The molecule has 0 saturated heterocycles. The van der Waals surface area contributed by atoms with E-state index in [4.69, 9.17) is 23.2 Å². The van der Waals surface area contributed by atoms with E-state index in [1.165, 1.54) is 0 Å². The maximum atomic E-state index is 11.6. The molecule has 2 nitrogen and oxygen atoms in total. The summed E-state index contributed by atoms with van der Waals surface area (Å²) in [6.07, 6.45) is 0. The molecule has 0 N–H and O–H groups in total. The molecule has 4 heteroatoms. The quantitative estimate of drug-likeness (QED) is 0.481. The van der Waals surface area contributed by atoms with Gasteiger partial charge in [0.05, 0.1) is 0 Å². The first-order valence-electron chi connectivity index (χ1n) is 5.60. The Labute approximate surface area is 121 Å². The molecule has 0 aliphatic rings. The highest BCUT2D eigenvalue weighted by molar-refractivity contribution is 6.83. The molecule has 19 heavy (non-hydrogen) atoms. The van der Waals surface area contributed by atoms with Gasteiger partial charge in [-0.15, -0.1) is 0 Å². The van der Waals surface area contributed by atoms with Gasteiger partial charge in [0.1, 0.15) is 0 Å². The summed E-state index contributed by atoms with van der Waals surface area (Å²) in [7, 11) is 0. The van der Waals surface area contributed by atoms with E-state index in [-0.39, 0.29) is 5.56 Å². The summed E-state index contributed by atoms with van der Waals surface area (Å²) in [4.78, 5) is 22.5. The van der Waals surface area contributed by atoms with Crippen LogP contribution in [0.2, 0.25) is 5.02 Å². The third-order valence-corrected chi connectivity index (χ3v) is 3.22. The van der Waals surface area contributed by atoms with Gasteiger partial charge in [-0.2, -0.15) is 0 Å². The number of Topliss-reactive ketones (excluding diaryl/α,β-unsaturated/α-hetero) is 1. The van der Waals surface area contributed by atoms with Crippen molar-refractivity contribution < 1.29 is 9.59 Å². The third kappa shape index (κ3) is 3.03. The van der Waals surface area contributed by atoms with Crippen molar-refractivity contribution in [3.63, 3.8) is 0 Å². The number of ketones is 1. The maximum Gasteiger partial charge on any atom is 0.293 e. The number of benzene rings is 2. The molecule has 2 aromatic carbocycles. The van der Waals surface area contributed by atoms with Gasteiger partial charge in [0, 0.05) is 10.6 Å². The first-order valence-corrected chi connectivity index (χ1v) is 6.35. The topological polar surface area (TPSA) is 34.1 Å². The van der Waals surface area contributed by atoms with Gasteiger partial charge in [-0.3, -0.25) is 9.59 Å². The van der Waals surface area contributed by atoms with Crippen LogP contribution >= 0.6 is 23.2 Å². The molecule has 2 aromatic rings. The predicted molar refractivity (Wildman–Crippen MR) is 76.8 cm³/mol.